The lowest BCUT2D eigenvalue weighted by molar-refractivity contribution is -0.333. The number of carbonyl (C=O) groups is 2. The van der Waals surface area contributed by atoms with Gasteiger partial charge in [0.1, 0.15) is 0 Å². The van der Waals surface area contributed by atoms with Gasteiger partial charge in [-0.25, -0.2) is 0 Å². The zero-order valence-corrected chi connectivity index (χ0v) is 11.0. The standard InChI is InChI=1S/C12H10F6O4/c1-21-9(20)10(11(13,14)15,12(16,17)18)5-4-7(19)8-3-2-6-22-8/h2-3,6H,4-5H2,1H3. The lowest BCUT2D eigenvalue weighted by Gasteiger charge is -2.34. The fourth-order valence-electron chi connectivity index (χ4n) is 1.81. The van der Waals surface area contributed by atoms with Gasteiger partial charge in [0.2, 0.25) is 0 Å². The summed E-state index contributed by atoms with van der Waals surface area (Å²) in [4.78, 5) is 22.8. The van der Waals surface area contributed by atoms with Gasteiger partial charge in [0.25, 0.3) is 5.41 Å². The van der Waals surface area contributed by atoms with E-state index < -0.39 is 48.1 Å². The molecular formula is C12H10F6O4. The molecule has 1 aromatic heterocycles. The van der Waals surface area contributed by atoms with Crippen molar-refractivity contribution in [3.05, 3.63) is 24.2 Å². The van der Waals surface area contributed by atoms with Crippen molar-refractivity contribution in [2.75, 3.05) is 7.11 Å². The number of halogens is 6. The maximum absolute atomic E-state index is 12.9. The number of carbonyl (C=O) groups excluding carboxylic acids is 2. The van der Waals surface area contributed by atoms with Crippen molar-refractivity contribution >= 4 is 11.8 Å². The van der Waals surface area contributed by atoms with Gasteiger partial charge < -0.3 is 9.15 Å². The lowest BCUT2D eigenvalue weighted by atomic mass is 9.80. The third-order valence-electron chi connectivity index (χ3n) is 3.02. The van der Waals surface area contributed by atoms with Crippen LogP contribution in [0.2, 0.25) is 0 Å². The van der Waals surface area contributed by atoms with Crippen molar-refractivity contribution in [2.24, 2.45) is 5.41 Å². The number of esters is 1. The van der Waals surface area contributed by atoms with Crippen LogP contribution in [-0.4, -0.2) is 31.2 Å². The molecule has 0 N–H and O–H groups in total. The van der Waals surface area contributed by atoms with Gasteiger partial charge in [0.05, 0.1) is 13.4 Å². The van der Waals surface area contributed by atoms with Crippen LogP contribution in [-0.2, 0) is 9.53 Å². The molecule has 0 aliphatic carbocycles. The summed E-state index contributed by atoms with van der Waals surface area (Å²) in [7, 11) is 0.406. The Kier molecular flexibility index (Phi) is 4.93. The minimum absolute atomic E-state index is 0.400. The number of hydrogen-bond donors (Lipinski definition) is 0. The molecular weight excluding hydrogens is 322 g/mol. The largest absolute Gasteiger partial charge is 0.468 e. The Bertz CT molecular complexity index is 515. The lowest BCUT2D eigenvalue weighted by Crippen LogP contribution is -2.56. The molecule has 0 radical (unpaired) electrons. The second-order valence-electron chi connectivity index (χ2n) is 4.29. The monoisotopic (exact) mass is 332 g/mol. The van der Waals surface area contributed by atoms with Crippen molar-refractivity contribution in [3.8, 4) is 0 Å². The Morgan fingerprint density at radius 2 is 1.68 bits per heavy atom. The van der Waals surface area contributed by atoms with E-state index in [0.29, 0.717) is 7.11 Å². The van der Waals surface area contributed by atoms with Gasteiger partial charge >= 0.3 is 18.3 Å². The van der Waals surface area contributed by atoms with Gasteiger partial charge in [-0.2, -0.15) is 26.3 Å². The van der Waals surface area contributed by atoms with E-state index in [-0.39, 0.29) is 0 Å². The molecule has 0 aromatic carbocycles. The first-order valence-electron chi connectivity index (χ1n) is 5.76. The van der Waals surface area contributed by atoms with E-state index in [2.05, 4.69) is 9.15 Å². The topological polar surface area (TPSA) is 56.5 Å². The minimum Gasteiger partial charge on any atom is -0.468 e. The van der Waals surface area contributed by atoms with Gasteiger partial charge in [0, 0.05) is 6.42 Å². The molecule has 124 valence electrons. The first-order chi connectivity index (χ1) is 9.97. The predicted octanol–water partition coefficient (Wildman–Crippen LogP) is 3.53. The molecule has 0 spiro atoms. The summed E-state index contributed by atoms with van der Waals surface area (Å²) in [6.45, 7) is 0. The number of ether oxygens (including phenoxy) is 1. The Labute approximate surface area is 120 Å². The van der Waals surface area contributed by atoms with Gasteiger partial charge in [0.15, 0.2) is 11.5 Å². The zero-order chi connectivity index (χ0) is 17.2. The molecule has 10 heteroatoms. The number of Topliss-reactive ketones (excluding diaryl/α,β-unsaturated/α-hetero) is 1. The zero-order valence-electron chi connectivity index (χ0n) is 11.0. The van der Waals surface area contributed by atoms with E-state index in [9.17, 15) is 35.9 Å². The van der Waals surface area contributed by atoms with Crippen molar-refractivity contribution in [1.29, 1.82) is 0 Å². The van der Waals surface area contributed by atoms with Crippen LogP contribution in [0.3, 0.4) is 0 Å². The summed E-state index contributed by atoms with van der Waals surface area (Å²) >= 11 is 0. The first-order valence-corrected chi connectivity index (χ1v) is 5.76. The normalized spacial score (nSPS) is 13.0. The van der Waals surface area contributed by atoms with E-state index in [1.807, 2.05) is 0 Å². The van der Waals surface area contributed by atoms with Crippen LogP contribution in [0.5, 0.6) is 0 Å². The fourth-order valence-corrected chi connectivity index (χ4v) is 1.81. The quantitative estimate of drug-likeness (QED) is 0.470. The van der Waals surface area contributed by atoms with Gasteiger partial charge in [-0.05, 0) is 18.6 Å². The Balaban J connectivity index is 3.16. The predicted molar refractivity (Wildman–Crippen MR) is 58.8 cm³/mol. The molecule has 0 amide bonds. The average molecular weight is 332 g/mol. The molecule has 1 aromatic rings. The number of furan rings is 1. The molecule has 1 heterocycles. The average Bonchev–Trinajstić information content (AvgIpc) is 2.89. The molecule has 0 fully saturated rings. The maximum atomic E-state index is 12.9. The molecule has 0 bridgehead atoms. The van der Waals surface area contributed by atoms with Gasteiger partial charge in [-0.3, -0.25) is 9.59 Å². The maximum Gasteiger partial charge on any atom is 0.413 e. The molecule has 0 saturated heterocycles. The molecule has 0 aliphatic heterocycles. The fraction of sp³-hybridized carbons (Fsp3) is 0.500. The number of ketones is 1. The highest BCUT2D eigenvalue weighted by atomic mass is 19.4. The summed E-state index contributed by atoms with van der Waals surface area (Å²) in [6, 6.07) is 2.33. The molecule has 22 heavy (non-hydrogen) atoms. The van der Waals surface area contributed by atoms with Crippen molar-refractivity contribution in [1.82, 2.24) is 0 Å². The highest BCUT2D eigenvalue weighted by molar-refractivity contribution is 5.93. The second-order valence-corrected chi connectivity index (χ2v) is 4.29. The Morgan fingerprint density at radius 3 is 2.05 bits per heavy atom. The minimum atomic E-state index is -5.97. The Hall–Kier alpha value is -2.00. The SMILES string of the molecule is COC(=O)C(CCC(=O)c1ccco1)(C(F)(F)F)C(F)(F)F. The molecule has 0 aliphatic rings. The van der Waals surface area contributed by atoms with E-state index in [1.165, 1.54) is 6.07 Å². The molecule has 0 atom stereocenters. The summed E-state index contributed by atoms with van der Waals surface area (Å²) in [5.41, 5.74) is -4.77. The third kappa shape index (κ3) is 3.09. The summed E-state index contributed by atoms with van der Waals surface area (Å²) < 4.78 is 85.9. The van der Waals surface area contributed by atoms with E-state index in [1.54, 1.807) is 0 Å². The van der Waals surface area contributed by atoms with Crippen molar-refractivity contribution < 1.29 is 45.1 Å². The van der Waals surface area contributed by atoms with E-state index >= 15 is 0 Å². The van der Waals surface area contributed by atoms with Gasteiger partial charge in [-0.15, -0.1) is 0 Å². The number of rotatable bonds is 5. The van der Waals surface area contributed by atoms with E-state index in [4.69, 9.17) is 0 Å². The molecule has 4 nitrogen and oxygen atoms in total. The number of hydrogen-bond acceptors (Lipinski definition) is 4. The molecule has 0 unspecified atom stereocenters. The highest BCUT2D eigenvalue weighted by Gasteiger charge is 2.76. The van der Waals surface area contributed by atoms with Crippen LogP contribution in [0, 0.1) is 5.41 Å². The first kappa shape index (κ1) is 18.1. The van der Waals surface area contributed by atoms with Crippen molar-refractivity contribution in [2.45, 2.75) is 25.2 Å². The van der Waals surface area contributed by atoms with Crippen molar-refractivity contribution in [3.63, 3.8) is 0 Å². The summed E-state index contributed by atoms with van der Waals surface area (Å²) in [5, 5.41) is 0. The third-order valence-corrected chi connectivity index (χ3v) is 3.02. The van der Waals surface area contributed by atoms with Crippen LogP contribution < -0.4 is 0 Å². The summed E-state index contributed by atoms with van der Waals surface area (Å²) in [6.07, 6.45) is -13.9. The summed E-state index contributed by atoms with van der Waals surface area (Å²) in [5.74, 6) is -4.00. The molecule has 1 rings (SSSR count). The van der Waals surface area contributed by atoms with Crippen LogP contribution in [0.1, 0.15) is 23.4 Å². The second kappa shape index (κ2) is 6.01. The van der Waals surface area contributed by atoms with Gasteiger partial charge in [-0.1, -0.05) is 0 Å². The van der Waals surface area contributed by atoms with Crippen LogP contribution in [0.4, 0.5) is 26.3 Å². The van der Waals surface area contributed by atoms with Crippen LogP contribution in [0.15, 0.2) is 22.8 Å². The van der Waals surface area contributed by atoms with Crippen LogP contribution in [0.25, 0.3) is 0 Å². The molecule has 0 saturated carbocycles. The Morgan fingerprint density at radius 1 is 1.14 bits per heavy atom. The highest BCUT2D eigenvalue weighted by Crippen LogP contribution is 2.54. The number of methoxy groups -OCH3 is 1. The smallest absolute Gasteiger partial charge is 0.413 e. The van der Waals surface area contributed by atoms with E-state index in [0.717, 1.165) is 12.3 Å². The van der Waals surface area contributed by atoms with Crippen LogP contribution >= 0.6 is 0 Å². The number of alkyl halides is 6.